The minimum Gasteiger partial charge on any atom is -0.384 e. The Morgan fingerprint density at radius 1 is 1.53 bits per heavy atom. The van der Waals surface area contributed by atoms with Gasteiger partial charge >= 0.3 is 0 Å². The Morgan fingerprint density at radius 2 is 2.27 bits per heavy atom. The van der Waals surface area contributed by atoms with Crippen LogP contribution in [0.3, 0.4) is 0 Å². The quantitative estimate of drug-likeness (QED) is 0.733. The van der Waals surface area contributed by atoms with Gasteiger partial charge < -0.3 is 14.8 Å². The Morgan fingerprint density at radius 3 is 2.80 bits per heavy atom. The molecule has 0 amide bonds. The van der Waals surface area contributed by atoms with E-state index in [9.17, 15) is 0 Å². The zero-order valence-electron chi connectivity index (χ0n) is 10.5. The van der Waals surface area contributed by atoms with Crippen LogP contribution in [0.25, 0.3) is 0 Å². The first-order valence-corrected chi connectivity index (χ1v) is 5.91. The van der Waals surface area contributed by atoms with Gasteiger partial charge in [-0.05, 0) is 39.2 Å². The van der Waals surface area contributed by atoms with Gasteiger partial charge in [-0.3, -0.25) is 0 Å². The first kappa shape index (κ1) is 12.9. The minimum atomic E-state index is 0.0878. The number of nitrogens with one attached hydrogen (secondary N) is 1. The maximum Gasteiger partial charge on any atom is 0.0707 e. The molecule has 1 aliphatic heterocycles. The summed E-state index contributed by atoms with van der Waals surface area (Å²) in [5, 5.41) is 3.44. The number of ether oxygens (including phenoxy) is 2. The molecule has 0 aliphatic carbocycles. The Bertz CT molecular complexity index is 182. The second kappa shape index (κ2) is 5.83. The van der Waals surface area contributed by atoms with Crippen LogP contribution in [0.4, 0.5) is 0 Å². The third kappa shape index (κ3) is 4.96. The van der Waals surface area contributed by atoms with Crippen LogP contribution in [0.1, 0.15) is 33.6 Å². The van der Waals surface area contributed by atoms with Crippen molar-refractivity contribution in [3.05, 3.63) is 0 Å². The third-order valence-electron chi connectivity index (χ3n) is 2.87. The molecular weight excluding hydrogens is 190 g/mol. The lowest BCUT2D eigenvalue weighted by Gasteiger charge is -2.20. The highest BCUT2D eigenvalue weighted by atomic mass is 16.5. The van der Waals surface area contributed by atoms with Gasteiger partial charge in [-0.25, -0.2) is 0 Å². The van der Waals surface area contributed by atoms with E-state index in [0.717, 1.165) is 19.7 Å². The highest BCUT2D eigenvalue weighted by molar-refractivity contribution is 4.81. The van der Waals surface area contributed by atoms with E-state index in [4.69, 9.17) is 9.47 Å². The van der Waals surface area contributed by atoms with E-state index >= 15 is 0 Å². The van der Waals surface area contributed by atoms with Crippen molar-refractivity contribution in [1.82, 2.24) is 5.32 Å². The van der Waals surface area contributed by atoms with Gasteiger partial charge in [-0.15, -0.1) is 0 Å². The molecule has 1 fully saturated rings. The number of rotatable bonds is 6. The molecule has 1 saturated heterocycles. The Kier molecular flexibility index (Phi) is 5.03. The molecule has 90 valence electrons. The van der Waals surface area contributed by atoms with Gasteiger partial charge in [-0.1, -0.05) is 6.92 Å². The largest absolute Gasteiger partial charge is 0.384 e. The van der Waals surface area contributed by atoms with Crippen molar-refractivity contribution < 1.29 is 9.47 Å². The van der Waals surface area contributed by atoms with Crippen LogP contribution >= 0.6 is 0 Å². The second-order valence-electron chi connectivity index (χ2n) is 5.26. The van der Waals surface area contributed by atoms with Crippen molar-refractivity contribution in [3.8, 4) is 0 Å². The number of methoxy groups -OCH3 is 1. The van der Waals surface area contributed by atoms with E-state index in [-0.39, 0.29) is 5.60 Å². The average molecular weight is 215 g/mol. The predicted molar refractivity (Wildman–Crippen MR) is 62.1 cm³/mol. The zero-order chi connectivity index (χ0) is 11.3. The maximum atomic E-state index is 5.90. The van der Waals surface area contributed by atoms with Crippen molar-refractivity contribution in [2.75, 3.05) is 26.8 Å². The molecule has 0 aromatic heterocycles. The van der Waals surface area contributed by atoms with Crippen molar-refractivity contribution >= 4 is 0 Å². The van der Waals surface area contributed by atoms with Crippen LogP contribution < -0.4 is 5.32 Å². The molecule has 0 spiro atoms. The van der Waals surface area contributed by atoms with E-state index in [0.29, 0.717) is 12.0 Å². The lowest BCUT2D eigenvalue weighted by atomic mass is 10.1. The van der Waals surface area contributed by atoms with Gasteiger partial charge in [-0.2, -0.15) is 0 Å². The van der Waals surface area contributed by atoms with Crippen molar-refractivity contribution in [1.29, 1.82) is 0 Å². The SMILES string of the molecule is COCC(C)CNCC1CCC(C)(C)O1. The molecule has 0 aromatic rings. The van der Waals surface area contributed by atoms with Crippen molar-refractivity contribution in [3.63, 3.8) is 0 Å². The summed E-state index contributed by atoms with van der Waals surface area (Å²) in [5.74, 6) is 0.574. The molecule has 1 heterocycles. The fraction of sp³-hybridized carbons (Fsp3) is 1.00. The number of hydrogen-bond donors (Lipinski definition) is 1. The molecule has 3 heteroatoms. The summed E-state index contributed by atoms with van der Waals surface area (Å²) in [6.07, 6.45) is 2.75. The van der Waals surface area contributed by atoms with Crippen LogP contribution in [-0.2, 0) is 9.47 Å². The average Bonchev–Trinajstić information content (AvgIpc) is 2.46. The first-order chi connectivity index (χ1) is 7.03. The molecule has 1 aliphatic rings. The summed E-state index contributed by atoms with van der Waals surface area (Å²) < 4.78 is 11.0. The lowest BCUT2D eigenvalue weighted by molar-refractivity contribution is -0.0146. The first-order valence-electron chi connectivity index (χ1n) is 5.91. The van der Waals surface area contributed by atoms with Crippen LogP contribution in [0.2, 0.25) is 0 Å². The zero-order valence-corrected chi connectivity index (χ0v) is 10.5. The van der Waals surface area contributed by atoms with E-state index in [1.807, 2.05) is 0 Å². The predicted octanol–water partition coefficient (Wildman–Crippen LogP) is 1.82. The summed E-state index contributed by atoms with van der Waals surface area (Å²) in [6.45, 7) is 9.33. The highest BCUT2D eigenvalue weighted by Crippen LogP contribution is 2.28. The summed E-state index contributed by atoms with van der Waals surface area (Å²) in [4.78, 5) is 0. The molecule has 2 unspecified atom stereocenters. The molecule has 3 nitrogen and oxygen atoms in total. The summed E-state index contributed by atoms with van der Waals surface area (Å²) in [6, 6.07) is 0. The molecule has 0 saturated carbocycles. The highest BCUT2D eigenvalue weighted by Gasteiger charge is 2.31. The smallest absolute Gasteiger partial charge is 0.0707 e. The summed E-state index contributed by atoms with van der Waals surface area (Å²) in [7, 11) is 1.75. The van der Waals surface area contributed by atoms with Gasteiger partial charge in [0.1, 0.15) is 0 Å². The van der Waals surface area contributed by atoms with Crippen molar-refractivity contribution in [2.24, 2.45) is 5.92 Å². The fourth-order valence-corrected chi connectivity index (χ4v) is 2.06. The molecule has 1 rings (SSSR count). The maximum absolute atomic E-state index is 5.90. The topological polar surface area (TPSA) is 30.5 Å². The molecule has 0 aromatic carbocycles. The summed E-state index contributed by atoms with van der Waals surface area (Å²) >= 11 is 0. The number of hydrogen-bond acceptors (Lipinski definition) is 3. The normalized spacial score (nSPS) is 26.8. The van der Waals surface area contributed by atoms with Crippen molar-refractivity contribution in [2.45, 2.75) is 45.3 Å². The standard InChI is InChI=1S/C12H25NO2/c1-10(9-14-4)7-13-8-11-5-6-12(2,3)15-11/h10-11,13H,5-9H2,1-4H3. The molecule has 0 radical (unpaired) electrons. The lowest BCUT2D eigenvalue weighted by Crippen LogP contribution is -2.32. The van der Waals surface area contributed by atoms with E-state index in [1.54, 1.807) is 7.11 Å². The van der Waals surface area contributed by atoms with E-state index in [2.05, 4.69) is 26.1 Å². The van der Waals surface area contributed by atoms with Crippen LogP contribution in [0.15, 0.2) is 0 Å². The molecule has 1 N–H and O–H groups in total. The molecule has 0 bridgehead atoms. The van der Waals surface area contributed by atoms with Gasteiger partial charge in [0.25, 0.3) is 0 Å². The van der Waals surface area contributed by atoms with Gasteiger partial charge in [0, 0.05) is 20.3 Å². The third-order valence-corrected chi connectivity index (χ3v) is 2.87. The van der Waals surface area contributed by atoms with Crippen LogP contribution in [0, 0.1) is 5.92 Å². The molecule has 2 atom stereocenters. The van der Waals surface area contributed by atoms with Crippen LogP contribution in [0.5, 0.6) is 0 Å². The Balaban J connectivity index is 2.06. The minimum absolute atomic E-state index is 0.0878. The fourth-order valence-electron chi connectivity index (χ4n) is 2.06. The van der Waals surface area contributed by atoms with E-state index in [1.165, 1.54) is 12.8 Å². The molecular formula is C12H25NO2. The Labute approximate surface area is 93.5 Å². The Hall–Kier alpha value is -0.120. The van der Waals surface area contributed by atoms with E-state index < -0.39 is 0 Å². The van der Waals surface area contributed by atoms with Crippen LogP contribution in [-0.4, -0.2) is 38.5 Å². The monoisotopic (exact) mass is 215 g/mol. The second-order valence-corrected chi connectivity index (χ2v) is 5.26. The summed E-state index contributed by atoms with van der Waals surface area (Å²) in [5.41, 5.74) is 0.0878. The van der Waals surface area contributed by atoms with Gasteiger partial charge in [0.2, 0.25) is 0 Å². The van der Waals surface area contributed by atoms with Gasteiger partial charge in [0.05, 0.1) is 11.7 Å². The molecule has 15 heavy (non-hydrogen) atoms. The van der Waals surface area contributed by atoms with Gasteiger partial charge in [0.15, 0.2) is 0 Å².